The first-order valence-corrected chi connectivity index (χ1v) is 10.2. The number of urea groups is 1. The summed E-state index contributed by atoms with van der Waals surface area (Å²) in [7, 11) is 1.63. The highest BCUT2D eigenvalue weighted by Gasteiger charge is 2.49. The van der Waals surface area contributed by atoms with E-state index in [-0.39, 0.29) is 23.5 Å². The van der Waals surface area contributed by atoms with Crippen molar-refractivity contribution < 1.29 is 19.1 Å². The van der Waals surface area contributed by atoms with Crippen LogP contribution in [0.5, 0.6) is 5.75 Å². The number of hydrogen-bond acceptors (Lipinski definition) is 4. The fourth-order valence-corrected chi connectivity index (χ4v) is 4.79. The van der Waals surface area contributed by atoms with Crippen molar-refractivity contribution in [3.63, 3.8) is 0 Å². The number of benzene rings is 1. The average Bonchev–Trinajstić information content (AvgIpc) is 3.04. The Morgan fingerprint density at radius 3 is 2.75 bits per heavy atom. The molecule has 0 aromatic heterocycles. The summed E-state index contributed by atoms with van der Waals surface area (Å²) in [6.45, 7) is 3.53. The van der Waals surface area contributed by atoms with Crippen LogP contribution >= 0.6 is 0 Å². The van der Waals surface area contributed by atoms with Gasteiger partial charge in [0.2, 0.25) is 5.91 Å². The van der Waals surface area contributed by atoms with Gasteiger partial charge in [-0.1, -0.05) is 12.1 Å². The highest BCUT2D eigenvalue weighted by Crippen LogP contribution is 2.35. The molecule has 0 saturated carbocycles. The zero-order chi connectivity index (χ0) is 19.6. The van der Waals surface area contributed by atoms with E-state index in [0.29, 0.717) is 39.3 Å². The minimum absolute atomic E-state index is 0.0445. The average molecular weight is 387 g/mol. The molecule has 3 fully saturated rings. The van der Waals surface area contributed by atoms with Gasteiger partial charge in [0.25, 0.3) is 0 Å². The molecule has 7 heteroatoms. The predicted molar refractivity (Wildman–Crippen MR) is 104 cm³/mol. The fourth-order valence-electron chi connectivity index (χ4n) is 4.79. The van der Waals surface area contributed by atoms with E-state index in [1.807, 2.05) is 29.2 Å². The van der Waals surface area contributed by atoms with Crippen molar-refractivity contribution in [1.29, 1.82) is 0 Å². The first-order valence-electron chi connectivity index (χ1n) is 10.2. The highest BCUT2D eigenvalue weighted by atomic mass is 16.5. The van der Waals surface area contributed by atoms with Gasteiger partial charge in [-0.25, -0.2) is 4.79 Å². The topological polar surface area (TPSA) is 71.1 Å². The second kappa shape index (κ2) is 7.99. The minimum atomic E-state index is -0.104. The van der Waals surface area contributed by atoms with E-state index in [2.05, 4.69) is 10.2 Å². The van der Waals surface area contributed by atoms with Gasteiger partial charge in [0, 0.05) is 38.9 Å². The SMILES string of the molecule is COc1cccc(CC(=O)N2CCC(N3C(=O)NCC34CCOCC4)CC2)c1. The van der Waals surface area contributed by atoms with Crippen molar-refractivity contribution in [2.75, 3.05) is 40.0 Å². The van der Waals surface area contributed by atoms with Gasteiger partial charge in [0.1, 0.15) is 5.75 Å². The molecule has 0 radical (unpaired) electrons. The molecule has 1 aromatic carbocycles. The van der Waals surface area contributed by atoms with Crippen LogP contribution < -0.4 is 10.1 Å². The van der Waals surface area contributed by atoms with Crippen LogP contribution in [0.2, 0.25) is 0 Å². The summed E-state index contributed by atoms with van der Waals surface area (Å²) in [6, 6.07) is 7.90. The lowest BCUT2D eigenvalue weighted by Crippen LogP contribution is -2.57. The van der Waals surface area contributed by atoms with Gasteiger partial charge >= 0.3 is 6.03 Å². The highest BCUT2D eigenvalue weighted by molar-refractivity contribution is 5.80. The standard InChI is InChI=1S/C21H29N3O4/c1-27-18-4-2-3-16(13-18)14-19(25)23-9-5-17(6-10-23)24-20(26)22-15-21(24)7-11-28-12-8-21/h2-4,13,17H,5-12,14-15H2,1H3,(H,22,26). The summed E-state index contributed by atoms with van der Waals surface area (Å²) in [5, 5.41) is 3.04. The number of amides is 3. The normalized spacial score (nSPS) is 22.4. The van der Waals surface area contributed by atoms with Crippen LogP contribution in [0.4, 0.5) is 4.79 Å². The number of piperidine rings is 1. The quantitative estimate of drug-likeness (QED) is 0.855. The van der Waals surface area contributed by atoms with Gasteiger partial charge in [0.05, 0.1) is 19.1 Å². The molecule has 7 nitrogen and oxygen atoms in total. The van der Waals surface area contributed by atoms with Gasteiger partial charge in [-0.3, -0.25) is 4.79 Å². The Hall–Kier alpha value is -2.28. The van der Waals surface area contributed by atoms with Crippen molar-refractivity contribution in [3.8, 4) is 5.75 Å². The van der Waals surface area contributed by atoms with Gasteiger partial charge < -0.3 is 24.6 Å². The molecule has 0 atom stereocenters. The second-order valence-corrected chi connectivity index (χ2v) is 8.01. The van der Waals surface area contributed by atoms with E-state index in [1.165, 1.54) is 0 Å². The monoisotopic (exact) mass is 387 g/mol. The number of methoxy groups -OCH3 is 1. The van der Waals surface area contributed by atoms with Crippen molar-refractivity contribution in [2.45, 2.75) is 43.7 Å². The molecule has 1 aromatic rings. The lowest BCUT2D eigenvalue weighted by atomic mass is 9.86. The Morgan fingerprint density at radius 2 is 2.04 bits per heavy atom. The van der Waals surface area contributed by atoms with Crippen LogP contribution in [0.3, 0.4) is 0 Å². The number of nitrogens with one attached hydrogen (secondary N) is 1. The van der Waals surface area contributed by atoms with E-state index in [0.717, 1.165) is 37.0 Å². The Bertz CT molecular complexity index is 724. The number of ether oxygens (including phenoxy) is 2. The van der Waals surface area contributed by atoms with E-state index >= 15 is 0 Å². The zero-order valence-electron chi connectivity index (χ0n) is 16.5. The number of likely N-dealkylation sites (tertiary alicyclic amines) is 1. The number of nitrogens with zero attached hydrogens (tertiary/aromatic N) is 2. The Balaban J connectivity index is 1.36. The summed E-state index contributed by atoms with van der Waals surface area (Å²) in [4.78, 5) is 29.3. The van der Waals surface area contributed by atoms with Gasteiger partial charge in [-0.2, -0.15) is 0 Å². The molecule has 3 amide bonds. The van der Waals surface area contributed by atoms with E-state index in [4.69, 9.17) is 9.47 Å². The lowest BCUT2D eigenvalue weighted by molar-refractivity contribution is -0.132. The number of carbonyl (C=O) groups is 2. The van der Waals surface area contributed by atoms with Crippen LogP contribution in [-0.2, 0) is 16.0 Å². The molecular weight excluding hydrogens is 358 g/mol. The molecule has 3 aliphatic rings. The molecule has 1 spiro atoms. The molecule has 4 rings (SSSR count). The summed E-state index contributed by atoms with van der Waals surface area (Å²) >= 11 is 0. The van der Waals surface area contributed by atoms with Crippen molar-refractivity contribution in [1.82, 2.24) is 15.1 Å². The maximum atomic E-state index is 12.7. The molecule has 3 saturated heterocycles. The third kappa shape index (κ3) is 3.68. The molecule has 28 heavy (non-hydrogen) atoms. The Labute approximate surface area is 166 Å². The number of carbonyl (C=O) groups excluding carboxylic acids is 2. The Morgan fingerprint density at radius 1 is 1.29 bits per heavy atom. The zero-order valence-corrected chi connectivity index (χ0v) is 16.5. The van der Waals surface area contributed by atoms with Crippen LogP contribution in [0.15, 0.2) is 24.3 Å². The molecule has 0 bridgehead atoms. The Kier molecular flexibility index (Phi) is 5.44. The molecule has 3 heterocycles. The van der Waals surface area contributed by atoms with Crippen LogP contribution in [-0.4, -0.2) is 73.3 Å². The third-order valence-electron chi connectivity index (χ3n) is 6.39. The van der Waals surface area contributed by atoms with Crippen molar-refractivity contribution >= 4 is 11.9 Å². The van der Waals surface area contributed by atoms with Gasteiger partial charge in [-0.15, -0.1) is 0 Å². The second-order valence-electron chi connectivity index (χ2n) is 8.01. The smallest absolute Gasteiger partial charge is 0.318 e. The molecular formula is C21H29N3O4. The molecule has 1 N–H and O–H groups in total. The minimum Gasteiger partial charge on any atom is -0.497 e. The lowest BCUT2D eigenvalue weighted by Gasteiger charge is -2.46. The maximum absolute atomic E-state index is 12.7. The first-order chi connectivity index (χ1) is 13.6. The largest absolute Gasteiger partial charge is 0.497 e. The van der Waals surface area contributed by atoms with Crippen LogP contribution in [0, 0.1) is 0 Å². The molecule has 3 aliphatic heterocycles. The maximum Gasteiger partial charge on any atom is 0.318 e. The van der Waals surface area contributed by atoms with E-state index in [9.17, 15) is 9.59 Å². The summed E-state index contributed by atoms with van der Waals surface area (Å²) in [5.41, 5.74) is 0.860. The fraction of sp³-hybridized carbons (Fsp3) is 0.619. The first kappa shape index (κ1) is 19.1. The van der Waals surface area contributed by atoms with Crippen molar-refractivity contribution in [3.05, 3.63) is 29.8 Å². The van der Waals surface area contributed by atoms with Gasteiger partial charge in [-0.05, 0) is 43.4 Å². The van der Waals surface area contributed by atoms with E-state index < -0.39 is 0 Å². The summed E-state index contributed by atoms with van der Waals surface area (Å²) in [5.74, 6) is 0.907. The molecule has 0 aliphatic carbocycles. The van der Waals surface area contributed by atoms with Gasteiger partial charge in [0.15, 0.2) is 0 Å². The van der Waals surface area contributed by atoms with E-state index in [1.54, 1.807) is 7.11 Å². The third-order valence-corrected chi connectivity index (χ3v) is 6.39. The predicted octanol–water partition coefficient (Wildman–Crippen LogP) is 1.80. The summed E-state index contributed by atoms with van der Waals surface area (Å²) in [6.07, 6.45) is 3.83. The number of hydrogen-bond donors (Lipinski definition) is 1. The van der Waals surface area contributed by atoms with Crippen LogP contribution in [0.25, 0.3) is 0 Å². The molecule has 0 unspecified atom stereocenters. The number of rotatable bonds is 4. The van der Waals surface area contributed by atoms with Crippen molar-refractivity contribution in [2.24, 2.45) is 0 Å². The summed E-state index contributed by atoms with van der Waals surface area (Å²) < 4.78 is 10.8. The van der Waals surface area contributed by atoms with Crippen LogP contribution in [0.1, 0.15) is 31.2 Å². The molecule has 152 valence electrons.